The van der Waals surface area contributed by atoms with Crippen molar-refractivity contribution in [2.75, 3.05) is 11.4 Å². The first kappa shape index (κ1) is 24.7. The number of nitrogens with zero attached hydrogens (tertiary/aromatic N) is 3. The van der Waals surface area contributed by atoms with Gasteiger partial charge in [0.15, 0.2) is 11.6 Å². The molecule has 0 radical (unpaired) electrons. The summed E-state index contributed by atoms with van der Waals surface area (Å²) in [5, 5.41) is 0. The number of hydrogen-bond donors (Lipinski definition) is 1. The predicted molar refractivity (Wildman–Crippen MR) is 129 cm³/mol. The Labute approximate surface area is 203 Å². The van der Waals surface area contributed by atoms with Crippen molar-refractivity contribution in [3.63, 3.8) is 0 Å². The van der Waals surface area contributed by atoms with Crippen LogP contribution in [-0.4, -0.2) is 22.4 Å². The van der Waals surface area contributed by atoms with Crippen molar-refractivity contribution >= 4 is 11.7 Å². The zero-order valence-corrected chi connectivity index (χ0v) is 19.7. The minimum absolute atomic E-state index is 0.0400. The first-order valence-corrected chi connectivity index (χ1v) is 11.8. The van der Waals surface area contributed by atoms with Crippen LogP contribution < -0.4 is 10.6 Å². The van der Waals surface area contributed by atoms with Crippen LogP contribution >= 0.6 is 0 Å². The number of alkyl halides is 2. The number of nitrogens with two attached hydrogens (primary N) is 1. The highest BCUT2D eigenvalue weighted by molar-refractivity contribution is 5.76. The number of primary amides is 1. The van der Waals surface area contributed by atoms with Crippen LogP contribution in [0.3, 0.4) is 0 Å². The van der Waals surface area contributed by atoms with E-state index in [4.69, 9.17) is 5.73 Å². The summed E-state index contributed by atoms with van der Waals surface area (Å²) in [4.78, 5) is 21.4. The molecule has 0 saturated carbocycles. The lowest BCUT2D eigenvalue weighted by molar-refractivity contribution is -0.117. The van der Waals surface area contributed by atoms with Crippen LogP contribution in [0.5, 0.6) is 0 Å². The second kappa shape index (κ2) is 10.5. The summed E-state index contributed by atoms with van der Waals surface area (Å²) in [6, 6.07) is 13.7. The van der Waals surface area contributed by atoms with E-state index in [1.807, 2.05) is 29.2 Å². The molecule has 1 aromatic heterocycles. The van der Waals surface area contributed by atoms with Gasteiger partial charge in [0.1, 0.15) is 6.33 Å². The zero-order valence-electron chi connectivity index (χ0n) is 19.7. The number of amides is 1. The molecule has 5 nitrogen and oxygen atoms in total. The third-order valence-electron chi connectivity index (χ3n) is 6.47. The van der Waals surface area contributed by atoms with Gasteiger partial charge in [0, 0.05) is 19.0 Å². The van der Waals surface area contributed by atoms with E-state index in [1.165, 1.54) is 18.5 Å². The Hall–Kier alpha value is -3.42. The van der Waals surface area contributed by atoms with E-state index in [2.05, 4.69) is 9.97 Å². The number of benzene rings is 2. The molecule has 2 heterocycles. The van der Waals surface area contributed by atoms with Gasteiger partial charge in [-0.15, -0.1) is 0 Å². The fraction of sp³-hybridized carbons (Fsp3) is 0.370. The summed E-state index contributed by atoms with van der Waals surface area (Å²) in [5.74, 6) is -3.48. The maximum Gasteiger partial charge on any atom is 0.270 e. The van der Waals surface area contributed by atoms with Crippen LogP contribution in [0.1, 0.15) is 60.2 Å². The lowest BCUT2D eigenvalue weighted by atomic mass is 9.93. The van der Waals surface area contributed by atoms with Gasteiger partial charge in [0.2, 0.25) is 5.91 Å². The molecular formula is C27H29F3N4O. The van der Waals surface area contributed by atoms with E-state index in [0.717, 1.165) is 42.9 Å². The molecule has 1 aliphatic rings. The number of anilines is 1. The van der Waals surface area contributed by atoms with E-state index in [0.29, 0.717) is 25.1 Å². The maximum absolute atomic E-state index is 15.6. The smallest absolute Gasteiger partial charge is 0.270 e. The number of piperidine rings is 1. The molecule has 184 valence electrons. The lowest BCUT2D eigenvalue weighted by Crippen LogP contribution is -2.35. The van der Waals surface area contributed by atoms with Gasteiger partial charge in [-0.3, -0.25) is 4.79 Å². The van der Waals surface area contributed by atoms with Crippen LogP contribution in [0.25, 0.3) is 0 Å². The van der Waals surface area contributed by atoms with Crippen molar-refractivity contribution in [3.05, 3.63) is 88.6 Å². The first-order chi connectivity index (χ1) is 16.7. The average Bonchev–Trinajstić information content (AvgIpc) is 2.84. The summed E-state index contributed by atoms with van der Waals surface area (Å²) in [7, 11) is 0. The van der Waals surface area contributed by atoms with Crippen LogP contribution in [0, 0.1) is 5.82 Å². The van der Waals surface area contributed by atoms with Crippen molar-refractivity contribution in [3.8, 4) is 0 Å². The quantitative estimate of drug-likeness (QED) is 0.475. The van der Waals surface area contributed by atoms with Crippen LogP contribution in [0.2, 0.25) is 0 Å². The fourth-order valence-corrected chi connectivity index (χ4v) is 4.59. The van der Waals surface area contributed by atoms with Gasteiger partial charge in [0.25, 0.3) is 5.92 Å². The molecule has 8 heteroatoms. The lowest BCUT2D eigenvalue weighted by Gasteiger charge is -2.37. The Bertz CT molecular complexity index is 1160. The van der Waals surface area contributed by atoms with Gasteiger partial charge in [-0.2, -0.15) is 0 Å². The van der Waals surface area contributed by atoms with Crippen molar-refractivity contribution in [1.29, 1.82) is 0 Å². The molecule has 35 heavy (non-hydrogen) atoms. The number of hydrogen-bond acceptors (Lipinski definition) is 4. The molecular weight excluding hydrogens is 453 g/mol. The SMILES string of the molecule is CC(F)(F)c1ccc(C2CCCCN2c2ncnc(CCc3ccc(CC(N)=O)cc3)c2F)cc1. The van der Waals surface area contributed by atoms with Crippen molar-refractivity contribution in [2.24, 2.45) is 5.73 Å². The fourth-order valence-electron chi connectivity index (χ4n) is 4.59. The van der Waals surface area contributed by atoms with Crippen molar-refractivity contribution < 1.29 is 18.0 Å². The minimum Gasteiger partial charge on any atom is -0.369 e. The van der Waals surface area contributed by atoms with Crippen LogP contribution in [-0.2, 0) is 30.0 Å². The molecule has 0 spiro atoms. The normalized spacial score (nSPS) is 16.3. The Morgan fingerprint density at radius 2 is 1.71 bits per heavy atom. The molecule has 1 saturated heterocycles. The van der Waals surface area contributed by atoms with Crippen LogP contribution in [0.4, 0.5) is 19.0 Å². The number of aromatic nitrogens is 2. The highest BCUT2D eigenvalue weighted by Gasteiger charge is 2.30. The third-order valence-corrected chi connectivity index (χ3v) is 6.47. The Morgan fingerprint density at radius 3 is 2.37 bits per heavy atom. The van der Waals surface area contributed by atoms with E-state index in [-0.39, 0.29) is 29.8 Å². The number of rotatable bonds is 8. The molecule has 3 aromatic rings. The predicted octanol–water partition coefficient (Wildman–Crippen LogP) is 5.27. The van der Waals surface area contributed by atoms with E-state index < -0.39 is 11.7 Å². The summed E-state index contributed by atoms with van der Waals surface area (Å²) in [5.41, 5.74) is 8.23. The van der Waals surface area contributed by atoms with Gasteiger partial charge < -0.3 is 10.6 Å². The molecule has 1 aliphatic heterocycles. The summed E-state index contributed by atoms with van der Waals surface area (Å²) in [6.45, 7) is 1.51. The number of aryl methyl sites for hydroxylation is 2. The van der Waals surface area contributed by atoms with Crippen molar-refractivity contribution in [1.82, 2.24) is 9.97 Å². The summed E-state index contributed by atoms with van der Waals surface area (Å²) < 4.78 is 42.8. The topological polar surface area (TPSA) is 72.1 Å². The number of carbonyl (C=O) groups excluding carboxylic acids is 1. The van der Waals surface area contributed by atoms with Gasteiger partial charge in [-0.25, -0.2) is 23.1 Å². The highest BCUT2D eigenvalue weighted by atomic mass is 19.3. The molecule has 4 rings (SSSR count). The molecule has 0 aliphatic carbocycles. The van der Waals surface area contributed by atoms with Crippen LogP contribution in [0.15, 0.2) is 54.9 Å². The van der Waals surface area contributed by atoms with E-state index in [1.54, 1.807) is 12.1 Å². The molecule has 2 N–H and O–H groups in total. The highest BCUT2D eigenvalue weighted by Crippen LogP contribution is 2.37. The summed E-state index contributed by atoms with van der Waals surface area (Å²) in [6.07, 6.45) is 5.21. The van der Waals surface area contributed by atoms with Gasteiger partial charge in [-0.05, 0) is 48.8 Å². The molecule has 2 aromatic carbocycles. The average molecular weight is 483 g/mol. The van der Waals surface area contributed by atoms with Gasteiger partial charge in [0.05, 0.1) is 18.2 Å². The zero-order chi connectivity index (χ0) is 25.0. The number of carbonyl (C=O) groups is 1. The summed E-state index contributed by atoms with van der Waals surface area (Å²) >= 11 is 0. The van der Waals surface area contributed by atoms with Crippen molar-refractivity contribution in [2.45, 2.75) is 57.4 Å². The molecule has 1 fully saturated rings. The Balaban J connectivity index is 1.51. The largest absolute Gasteiger partial charge is 0.369 e. The maximum atomic E-state index is 15.6. The Kier molecular flexibility index (Phi) is 7.38. The number of halogens is 3. The Morgan fingerprint density at radius 1 is 1.03 bits per heavy atom. The molecule has 1 amide bonds. The molecule has 1 unspecified atom stereocenters. The monoisotopic (exact) mass is 482 g/mol. The van der Waals surface area contributed by atoms with Gasteiger partial charge >= 0.3 is 0 Å². The second-order valence-electron chi connectivity index (χ2n) is 9.13. The first-order valence-electron chi connectivity index (χ1n) is 11.8. The molecule has 0 bridgehead atoms. The van der Waals surface area contributed by atoms with E-state index in [9.17, 15) is 13.6 Å². The van der Waals surface area contributed by atoms with E-state index >= 15 is 4.39 Å². The minimum atomic E-state index is -2.90. The second-order valence-corrected chi connectivity index (χ2v) is 9.13. The molecule has 1 atom stereocenters. The third kappa shape index (κ3) is 5.99. The van der Waals surface area contributed by atoms with Gasteiger partial charge in [-0.1, -0.05) is 48.5 Å². The standard InChI is InChI=1S/C27H29F3N4O/c1-27(29,30)21-12-10-20(11-13-21)23-4-2-3-15-34(23)26-25(28)22(32-17-33-26)14-9-18-5-7-19(8-6-18)16-24(31)35/h5-8,10-13,17,23H,2-4,9,14-16H2,1H3,(H2,31,35).